The van der Waals surface area contributed by atoms with Gasteiger partial charge in [0.2, 0.25) is 10.0 Å². The van der Waals surface area contributed by atoms with Gasteiger partial charge in [-0.1, -0.05) is 6.92 Å². The second kappa shape index (κ2) is 6.06. The van der Waals surface area contributed by atoms with Crippen LogP contribution in [0.5, 0.6) is 0 Å². The van der Waals surface area contributed by atoms with Gasteiger partial charge in [-0.05, 0) is 38.6 Å². The van der Waals surface area contributed by atoms with Gasteiger partial charge in [-0.15, -0.1) is 0 Å². The van der Waals surface area contributed by atoms with E-state index in [9.17, 15) is 8.42 Å². The van der Waals surface area contributed by atoms with E-state index in [0.29, 0.717) is 11.4 Å². The van der Waals surface area contributed by atoms with E-state index >= 15 is 0 Å². The fourth-order valence-corrected chi connectivity index (χ4v) is 2.82. The molecule has 0 atom stereocenters. The van der Waals surface area contributed by atoms with Crippen LogP contribution in [0, 0.1) is 0 Å². The van der Waals surface area contributed by atoms with Crippen molar-refractivity contribution < 1.29 is 8.42 Å². The van der Waals surface area contributed by atoms with E-state index in [2.05, 4.69) is 11.6 Å². The lowest BCUT2D eigenvalue weighted by molar-refractivity contribution is 0.587. The van der Waals surface area contributed by atoms with E-state index in [-0.39, 0.29) is 4.90 Å². The zero-order valence-corrected chi connectivity index (χ0v) is 11.9. The lowest BCUT2D eigenvalue weighted by Gasteiger charge is -2.25. The number of nitrogens with one attached hydrogen (secondary N) is 1. The summed E-state index contributed by atoms with van der Waals surface area (Å²) in [6.45, 7) is 5.63. The summed E-state index contributed by atoms with van der Waals surface area (Å²) in [4.78, 5) is 2.27. The predicted octanol–water partition coefficient (Wildman–Crippen LogP) is 1.41. The Bertz CT molecular complexity index is 500. The molecule has 0 aromatic heterocycles. The van der Waals surface area contributed by atoms with Crippen LogP contribution in [-0.4, -0.2) is 28.6 Å². The topological polar surface area (TPSA) is 75.4 Å². The summed E-state index contributed by atoms with van der Waals surface area (Å²) >= 11 is 0. The van der Waals surface area contributed by atoms with Crippen LogP contribution in [0.15, 0.2) is 23.1 Å². The molecule has 3 N–H and O–H groups in total. The second-order valence-corrected chi connectivity index (χ2v) is 5.87. The summed E-state index contributed by atoms with van der Waals surface area (Å²) in [7, 11) is -2.10. The van der Waals surface area contributed by atoms with Crippen LogP contribution in [0.4, 0.5) is 11.4 Å². The number of hydrogen-bond donors (Lipinski definition) is 2. The fourth-order valence-electron chi connectivity index (χ4n) is 1.84. The van der Waals surface area contributed by atoms with Gasteiger partial charge < -0.3 is 10.6 Å². The highest BCUT2D eigenvalue weighted by Crippen LogP contribution is 2.27. The summed E-state index contributed by atoms with van der Waals surface area (Å²) in [5, 5.41) is 0. The Hall–Kier alpha value is -1.27. The quantitative estimate of drug-likeness (QED) is 0.767. The van der Waals surface area contributed by atoms with Gasteiger partial charge in [0, 0.05) is 18.8 Å². The standard InChI is InChI=1S/C12H21N3O2S/c1-4-8-15(5-2)11-7-6-10(13)9-12(11)18(16,17)14-3/h6-7,9,14H,4-5,8,13H2,1-3H3. The Labute approximate surface area is 109 Å². The predicted molar refractivity (Wildman–Crippen MR) is 75.3 cm³/mol. The zero-order valence-electron chi connectivity index (χ0n) is 11.1. The third-order valence-corrected chi connectivity index (χ3v) is 4.20. The van der Waals surface area contributed by atoms with E-state index in [1.165, 1.54) is 13.1 Å². The molecule has 102 valence electrons. The van der Waals surface area contributed by atoms with Crippen molar-refractivity contribution in [3.8, 4) is 0 Å². The molecule has 0 aliphatic heterocycles. The number of nitrogens with two attached hydrogens (primary N) is 1. The first-order chi connectivity index (χ1) is 8.46. The monoisotopic (exact) mass is 271 g/mol. The molecule has 0 aliphatic rings. The minimum atomic E-state index is -3.50. The summed E-state index contributed by atoms with van der Waals surface area (Å²) in [5.41, 5.74) is 6.83. The highest BCUT2D eigenvalue weighted by atomic mass is 32.2. The second-order valence-electron chi connectivity index (χ2n) is 4.01. The first kappa shape index (κ1) is 14.8. The Morgan fingerprint density at radius 3 is 2.50 bits per heavy atom. The van der Waals surface area contributed by atoms with Crippen LogP contribution >= 0.6 is 0 Å². The molecule has 1 rings (SSSR count). The van der Waals surface area contributed by atoms with Gasteiger partial charge in [0.1, 0.15) is 4.90 Å². The Kier molecular flexibility index (Phi) is 4.98. The van der Waals surface area contributed by atoms with Crippen molar-refractivity contribution in [2.75, 3.05) is 30.8 Å². The normalized spacial score (nSPS) is 11.5. The van der Waals surface area contributed by atoms with Crippen molar-refractivity contribution in [3.05, 3.63) is 18.2 Å². The SMILES string of the molecule is CCCN(CC)c1ccc(N)cc1S(=O)(=O)NC. The first-order valence-corrected chi connectivity index (χ1v) is 7.52. The highest BCUT2D eigenvalue weighted by Gasteiger charge is 2.20. The molecule has 0 spiro atoms. The molecule has 0 aliphatic carbocycles. The molecule has 6 heteroatoms. The largest absolute Gasteiger partial charge is 0.399 e. The van der Waals surface area contributed by atoms with Gasteiger partial charge in [0.15, 0.2) is 0 Å². The molecule has 0 radical (unpaired) electrons. The van der Waals surface area contributed by atoms with Crippen molar-refractivity contribution in [2.45, 2.75) is 25.2 Å². The molecule has 1 aromatic rings. The van der Waals surface area contributed by atoms with Crippen molar-refractivity contribution in [2.24, 2.45) is 0 Å². The third-order valence-electron chi connectivity index (χ3n) is 2.76. The summed E-state index contributed by atoms with van der Waals surface area (Å²) in [6.07, 6.45) is 0.956. The Balaban J connectivity index is 3.35. The van der Waals surface area contributed by atoms with Crippen molar-refractivity contribution in [1.29, 1.82) is 0 Å². The minimum absolute atomic E-state index is 0.236. The van der Waals surface area contributed by atoms with Crippen LogP contribution in [0.25, 0.3) is 0 Å². The average Bonchev–Trinajstić information content (AvgIpc) is 2.36. The van der Waals surface area contributed by atoms with Gasteiger partial charge in [-0.2, -0.15) is 0 Å². The zero-order chi connectivity index (χ0) is 13.8. The molecule has 0 unspecified atom stereocenters. The Morgan fingerprint density at radius 1 is 1.33 bits per heavy atom. The molecular weight excluding hydrogens is 250 g/mol. The van der Waals surface area contributed by atoms with Crippen molar-refractivity contribution in [3.63, 3.8) is 0 Å². The smallest absolute Gasteiger partial charge is 0.242 e. The number of hydrogen-bond acceptors (Lipinski definition) is 4. The molecule has 5 nitrogen and oxygen atoms in total. The lowest BCUT2D eigenvalue weighted by Crippen LogP contribution is -2.28. The van der Waals surface area contributed by atoms with Crippen molar-refractivity contribution >= 4 is 21.4 Å². The van der Waals surface area contributed by atoms with Crippen LogP contribution in [-0.2, 0) is 10.0 Å². The lowest BCUT2D eigenvalue weighted by atomic mass is 10.2. The minimum Gasteiger partial charge on any atom is -0.399 e. The van der Waals surface area contributed by atoms with E-state index in [4.69, 9.17) is 5.73 Å². The van der Waals surface area contributed by atoms with Crippen LogP contribution in [0.3, 0.4) is 0 Å². The summed E-state index contributed by atoms with van der Waals surface area (Å²) < 4.78 is 26.3. The number of anilines is 2. The van der Waals surface area contributed by atoms with Crippen LogP contribution in [0.2, 0.25) is 0 Å². The van der Waals surface area contributed by atoms with Gasteiger partial charge in [-0.25, -0.2) is 13.1 Å². The molecule has 0 bridgehead atoms. The molecule has 0 fully saturated rings. The molecule has 0 saturated carbocycles. The molecule has 0 amide bonds. The number of nitrogens with zero attached hydrogens (tertiary/aromatic N) is 1. The number of nitrogen functional groups attached to an aromatic ring is 1. The van der Waals surface area contributed by atoms with Gasteiger partial charge in [0.25, 0.3) is 0 Å². The van der Waals surface area contributed by atoms with Gasteiger partial charge in [0.05, 0.1) is 5.69 Å². The number of sulfonamides is 1. The average molecular weight is 271 g/mol. The van der Waals surface area contributed by atoms with E-state index in [1.54, 1.807) is 12.1 Å². The molecule has 0 saturated heterocycles. The van der Waals surface area contributed by atoms with E-state index in [0.717, 1.165) is 19.5 Å². The molecular formula is C12H21N3O2S. The molecule has 18 heavy (non-hydrogen) atoms. The number of rotatable bonds is 6. The maximum Gasteiger partial charge on any atom is 0.242 e. The summed E-state index contributed by atoms with van der Waals surface area (Å²) in [6, 6.07) is 4.99. The molecule has 0 heterocycles. The van der Waals surface area contributed by atoms with Gasteiger partial charge >= 0.3 is 0 Å². The van der Waals surface area contributed by atoms with E-state index < -0.39 is 10.0 Å². The maximum atomic E-state index is 12.0. The highest BCUT2D eigenvalue weighted by molar-refractivity contribution is 7.89. The van der Waals surface area contributed by atoms with Crippen LogP contribution < -0.4 is 15.4 Å². The first-order valence-electron chi connectivity index (χ1n) is 6.04. The third kappa shape index (κ3) is 3.14. The van der Waals surface area contributed by atoms with Gasteiger partial charge in [-0.3, -0.25) is 0 Å². The maximum absolute atomic E-state index is 12.0. The van der Waals surface area contributed by atoms with Crippen molar-refractivity contribution in [1.82, 2.24) is 4.72 Å². The Morgan fingerprint density at radius 2 is 2.00 bits per heavy atom. The van der Waals surface area contributed by atoms with E-state index in [1.807, 2.05) is 11.8 Å². The van der Waals surface area contributed by atoms with Crippen LogP contribution in [0.1, 0.15) is 20.3 Å². The molecule has 1 aromatic carbocycles. The summed E-state index contributed by atoms with van der Waals surface area (Å²) in [5.74, 6) is 0. The fraction of sp³-hybridized carbons (Fsp3) is 0.500. The number of benzene rings is 1.